The van der Waals surface area contributed by atoms with Gasteiger partial charge in [0.25, 0.3) is 5.91 Å². The standard InChI is InChI=1S/C14H21ClN2O/c1-14(2,3)10-4-6-17(7-5-10)13(18)12-8-11(15)9-16-12/h8-10,16H,4-7H2,1-3H3. The highest BCUT2D eigenvalue weighted by molar-refractivity contribution is 6.30. The highest BCUT2D eigenvalue weighted by Crippen LogP contribution is 2.34. The zero-order chi connectivity index (χ0) is 13.3. The summed E-state index contributed by atoms with van der Waals surface area (Å²) in [5, 5.41) is 0.586. The van der Waals surface area contributed by atoms with Gasteiger partial charge in [0.05, 0.1) is 5.02 Å². The zero-order valence-electron chi connectivity index (χ0n) is 11.3. The number of carbonyl (C=O) groups is 1. The van der Waals surface area contributed by atoms with E-state index in [4.69, 9.17) is 11.6 Å². The molecule has 1 N–H and O–H groups in total. The van der Waals surface area contributed by atoms with Gasteiger partial charge in [-0.25, -0.2) is 0 Å². The fraction of sp³-hybridized carbons (Fsp3) is 0.643. The van der Waals surface area contributed by atoms with E-state index in [9.17, 15) is 4.79 Å². The average molecular weight is 269 g/mol. The topological polar surface area (TPSA) is 36.1 Å². The molecule has 0 aliphatic carbocycles. The number of carbonyl (C=O) groups excluding carboxylic acids is 1. The van der Waals surface area contributed by atoms with E-state index in [1.165, 1.54) is 0 Å². The Balaban J connectivity index is 1.96. The summed E-state index contributed by atoms with van der Waals surface area (Å²) < 4.78 is 0. The molecule has 0 aromatic carbocycles. The van der Waals surface area contributed by atoms with Crippen LogP contribution in [0.5, 0.6) is 0 Å². The fourth-order valence-electron chi connectivity index (χ4n) is 2.61. The molecule has 18 heavy (non-hydrogen) atoms. The van der Waals surface area contributed by atoms with E-state index in [1.807, 2.05) is 4.90 Å². The first-order valence-corrected chi connectivity index (χ1v) is 6.89. The zero-order valence-corrected chi connectivity index (χ0v) is 12.0. The molecule has 100 valence electrons. The number of hydrogen-bond donors (Lipinski definition) is 1. The minimum atomic E-state index is 0.0641. The molecule has 2 rings (SSSR count). The summed E-state index contributed by atoms with van der Waals surface area (Å²) in [6, 6.07) is 1.69. The number of piperidine rings is 1. The van der Waals surface area contributed by atoms with E-state index < -0.39 is 0 Å². The minimum absolute atomic E-state index is 0.0641. The molecule has 0 saturated carbocycles. The number of amides is 1. The number of nitrogens with zero attached hydrogens (tertiary/aromatic N) is 1. The Kier molecular flexibility index (Phi) is 3.71. The van der Waals surface area contributed by atoms with Crippen LogP contribution in [-0.4, -0.2) is 28.9 Å². The number of hydrogen-bond acceptors (Lipinski definition) is 1. The quantitative estimate of drug-likeness (QED) is 0.831. The largest absolute Gasteiger partial charge is 0.356 e. The Morgan fingerprint density at radius 1 is 1.39 bits per heavy atom. The molecule has 2 heterocycles. The molecule has 0 bridgehead atoms. The third-order valence-corrected chi connectivity index (χ3v) is 4.10. The molecule has 0 unspecified atom stereocenters. The number of aromatic amines is 1. The van der Waals surface area contributed by atoms with Gasteiger partial charge in [-0.1, -0.05) is 32.4 Å². The Labute approximate surface area is 114 Å². The third kappa shape index (κ3) is 2.89. The normalized spacial score (nSPS) is 18.1. The van der Waals surface area contributed by atoms with E-state index in [2.05, 4.69) is 25.8 Å². The van der Waals surface area contributed by atoms with Crippen molar-refractivity contribution in [2.75, 3.05) is 13.1 Å². The van der Waals surface area contributed by atoms with Crippen molar-refractivity contribution < 1.29 is 4.79 Å². The number of likely N-dealkylation sites (tertiary alicyclic amines) is 1. The van der Waals surface area contributed by atoms with Gasteiger partial charge in [0, 0.05) is 19.3 Å². The lowest BCUT2D eigenvalue weighted by molar-refractivity contribution is 0.0604. The summed E-state index contributed by atoms with van der Waals surface area (Å²) in [6.07, 6.45) is 3.82. The van der Waals surface area contributed by atoms with Gasteiger partial charge in [0.2, 0.25) is 0 Å². The lowest BCUT2D eigenvalue weighted by atomic mass is 9.75. The van der Waals surface area contributed by atoms with E-state index in [-0.39, 0.29) is 5.91 Å². The van der Waals surface area contributed by atoms with Crippen molar-refractivity contribution in [1.82, 2.24) is 9.88 Å². The van der Waals surface area contributed by atoms with E-state index in [0.29, 0.717) is 22.0 Å². The van der Waals surface area contributed by atoms with Gasteiger partial charge in [-0.15, -0.1) is 0 Å². The second-order valence-electron chi connectivity index (χ2n) is 6.16. The molecule has 1 amide bonds. The number of aromatic nitrogens is 1. The molecular weight excluding hydrogens is 248 g/mol. The molecule has 0 radical (unpaired) electrons. The van der Waals surface area contributed by atoms with Gasteiger partial charge in [-0.3, -0.25) is 4.79 Å². The summed E-state index contributed by atoms with van der Waals surface area (Å²) in [5.74, 6) is 0.767. The predicted octanol–water partition coefficient (Wildman–Crippen LogP) is 3.57. The lowest BCUT2D eigenvalue weighted by Gasteiger charge is -2.38. The summed E-state index contributed by atoms with van der Waals surface area (Å²) in [6.45, 7) is 8.52. The number of rotatable bonds is 1. The van der Waals surface area contributed by atoms with Gasteiger partial charge >= 0.3 is 0 Å². The predicted molar refractivity (Wildman–Crippen MR) is 73.9 cm³/mol. The van der Waals surface area contributed by atoms with Crippen molar-refractivity contribution in [3.63, 3.8) is 0 Å². The maximum atomic E-state index is 12.2. The molecule has 0 atom stereocenters. The van der Waals surface area contributed by atoms with Crippen LogP contribution in [0.15, 0.2) is 12.3 Å². The summed E-state index contributed by atoms with van der Waals surface area (Å²) in [7, 11) is 0. The van der Waals surface area contributed by atoms with Crippen LogP contribution in [0.2, 0.25) is 5.02 Å². The first kappa shape index (κ1) is 13.5. The van der Waals surface area contributed by atoms with E-state index >= 15 is 0 Å². The Morgan fingerprint density at radius 2 is 2.00 bits per heavy atom. The molecule has 1 saturated heterocycles. The smallest absolute Gasteiger partial charge is 0.270 e. The van der Waals surface area contributed by atoms with Gasteiger partial charge < -0.3 is 9.88 Å². The third-order valence-electron chi connectivity index (χ3n) is 3.89. The van der Waals surface area contributed by atoms with Crippen molar-refractivity contribution >= 4 is 17.5 Å². The highest BCUT2D eigenvalue weighted by atomic mass is 35.5. The summed E-state index contributed by atoms with van der Waals surface area (Å²) in [4.78, 5) is 17.0. The molecular formula is C14H21ClN2O. The van der Waals surface area contributed by atoms with Crippen molar-refractivity contribution in [3.8, 4) is 0 Å². The Morgan fingerprint density at radius 3 is 2.44 bits per heavy atom. The van der Waals surface area contributed by atoms with Gasteiger partial charge in [0.1, 0.15) is 5.69 Å². The molecule has 1 aliphatic rings. The molecule has 3 nitrogen and oxygen atoms in total. The highest BCUT2D eigenvalue weighted by Gasteiger charge is 2.30. The van der Waals surface area contributed by atoms with E-state index in [0.717, 1.165) is 25.9 Å². The molecule has 1 aromatic heterocycles. The average Bonchev–Trinajstić information content (AvgIpc) is 2.74. The van der Waals surface area contributed by atoms with Gasteiger partial charge in [-0.05, 0) is 30.2 Å². The van der Waals surface area contributed by atoms with Crippen LogP contribution in [0.4, 0.5) is 0 Å². The minimum Gasteiger partial charge on any atom is -0.356 e. The van der Waals surface area contributed by atoms with Crippen molar-refractivity contribution in [2.45, 2.75) is 33.6 Å². The van der Waals surface area contributed by atoms with Crippen molar-refractivity contribution in [1.29, 1.82) is 0 Å². The van der Waals surface area contributed by atoms with E-state index in [1.54, 1.807) is 12.3 Å². The Bertz CT molecular complexity index is 425. The van der Waals surface area contributed by atoms with Crippen LogP contribution >= 0.6 is 11.6 Å². The second kappa shape index (κ2) is 4.96. The number of H-pyrrole nitrogens is 1. The van der Waals surface area contributed by atoms with Crippen molar-refractivity contribution in [2.24, 2.45) is 11.3 Å². The SMILES string of the molecule is CC(C)(C)C1CCN(C(=O)c2cc(Cl)c[nH]2)CC1. The number of halogens is 1. The summed E-state index contributed by atoms with van der Waals surface area (Å²) in [5.41, 5.74) is 0.930. The maximum absolute atomic E-state index is 12.2. The van der Waals surface area contributed by atoms with Crippen LogP contribution in [0, 0.1) is 11.3 Å². The fourth-order valence-corrected chi connectivity index (χ4v) is 2.77. The first-order chi connectivity index (χ1) is 8.38. The monoisotopic (exact) mass is 268 g/mol. The maximum Gasteiger partial charge on any atom is 0.270 e. The molecule has 1 aromatic rings. The first-order valence-electron chi connectivity index (χ1n) is 6.51. The van der Waals surface area contributed by atoms with Crippen LogP contribution < -0.4 is 0 Å². The van der Waals surface area contributed by atoms with Crippen molar-refractivity contribution in [3.05, 3.63) is 23.0 Å². The lowest BCUT2D eigenvalue weighted by Crippen LogP contribution is -2.41. The second-order valence-corrected chi connectivity index (χ2v) is 6.60. The Hall–Kier alpha value is -0.960. The molecule has 1 fully saturated rings. The van der Waals surface area contributed by atoms with Crippen LogP contribution in [0.1, 0.15) is 44.1 Å². The van der Waals surface area contributed by atoms with Crippen LogP contribution in [0.25, 0.3) is 0 Å². The summed E-state index contributed by atoms with van der Waals surface area (Å²) >= 11 is 5.82. The molecule has 0 spiro atoms. The molecule has 4 heteroatoms. The van der Waals surface area contributed by atoms with Crippen LogP contribution in [-0.2, 0) is 0 Å². The molecule has 1 aliphatic heterocycles. The van der Waals surface area contributed by atoms with Gasteiger partial charge in [0.15, 0.2) is 0 Å². The number of nitrogens with one attached hydrogen (secondary N) is 1. The van der Waals surface area contributed by atoms with Gasteiger partial charge in [-0.2, -0.15) is 0 Å². The van der Waals surface area contributed by atoms with Crippen LogP contribution in [0.3, 0.4) is 0 Å².